The van der Waals surface area contributed by atoms with Gasteiger partial charge in [0.2, 0.25) is 5.91 Å². The van der Waals surface area contributed by atoms with Crippen LogP contribution in [0.4, 0.5) is 13.2 Å². The molecule has 2 aromatic rings. The van der Waals surface area contributed by atoms with Gasteiger partial charge in [-0.15, -0.1) is 0 Å². The number of hydrogen-bond donors (Lipinski definition) is 4. The summed E-state index contributed by atoms with van der Waals surface area (Å²) in [6, 6.07) is 18.7. The summed E-state index contributed by atoms with van der Waals surface area (Å²) in [7, 11) is 0. The van der Waals surface area contributed by atoms with Crippen molar-refractivity contribution in [2.45, 2.75) is 31.1 Å². The molecule has 0 aliphatic heterocycles. The predicted molar refractivity (Wildman–Crippen MR) is 117 cm³/mol. The molecule has 0 saturated heterocycles. The van der Waals surface area contributed by atoms with Crippen LogP contribution in [-0.4, -0.2) is 47.1 Å². The number of nitrogens with zero attached hydrogens (tertiary/aromatic N) is 2. The zero-order chi connectivity index (χ0) is 25.6. The molecule has 10 nitrogen and oxygen atoms in total. The van der Waals surface area contributed by atoms with Crippen molar-refractivity contribution in [3.05, 3.63) is 81.9 Å². The highest BCUT2D eigenvalue weighted by molar-refractivity contribution is 5.91. The van der Waals surface area contributed by atoms with Gasteiger partial charge in [-0.3, -0.25) is 10.1 Å². The molecule has 0 spiro atoms. The van der Waals surface area contributed by atoms with E-state index in [0.717, 1.165) is 17.5 Å². The first kappa shape index (κ1) is 28.2. The monoisotopic (exact) mass is 483 g/mol. The Morgan fingerprint density at radius 1 is 1.09 bits per heavy atom. The van der Waals surface area contributed by atoms with E-state index in [-0.39, 0.29) is 6.04 Å². The molecule has 0 aliphatic rings. The molecule has 0 bridgehead atoms. The topological polar surface area (TPSA) is 160 Å². The minimum atomic E-state index is -5.08. The largest absolute Gasteiger partial charge is 0.490 e. The van der Waals surface area contributed by atoms with E-state index in [9.17, 15) is 28.1 Å². The third-order valence-corrected chi connectivity index (χ3v) is 4.25. The van der Waals surface area contributed by atoms with Crippen molar-refractivity contribution in [2.75, 3.05) is 6.54 Å². The SMILES string of the molecule is NCCC[C@H](NC(c1ccccc1)c1ccccc1)C(=O)NC=N[N+](=O)[O-].O=C(O)C(F)(F)F. The van der Waals surface area contributed by atoms with Crippen molar-refractivity contribution in [3.63, 3.8) is 0 Å². The second-order valence-electron chi connectivity index (χ2n) is 6.70. The molecule has 1 atom stereocenters. The third-order valence-electron chi connectivity index (χ3n) is 4.25. The van der Waals surface area contributed by atoms with E-state index in [1.54, 1.807) is 0 Å². The number of nitro groups is 1. The quantitative estimate of drug-likeness (QED) is 0.175. The summed E-state index contributed by atoms with van der Waals surface area (Å²) in [5, 5.41) is 25.2. The minimum absolute atomic E-state index is 0.214. The fraction of sp³-hybridized carbons (Fsp3) is 0.286. The highest BCUT2D eigenvalue weighted by atomic mass is 19.4. The number of alkyl halides is 3. The van der Waals surface area contributed by atoms with E-state index in [4.69, 9.17) is 15.6 Å². The second kappa shape index (κ2) is 14.3. The van der Waals surface area contributed by atoms with Crippen LogP contribution >= 0.6 is 0 Å². The molecule has 0 heterocycles. The van der Waals surface area contributed by atoms with Gasteiger partial charge in [-0.05, 0) is 30.5 Å². The highest BCUT2D eigenvalue weighted by Crippen LogP contribution is 2.23. The molecule has 13 heteroatoms. The number of aliphatic carboxylic acids is 1. The van der Waals surface area contributed by atoms with Crippen LogP contribution < -0.4 is 16.4 Å². The number of benzene rings is 2. The Kier molecular flexibility index (Phi) is 11.9. The van der Waals surface area contributed by atoms with Crippen molar-refractivity contribution in [1.82, 2.24) is 10.6 Å². The Balaban J connectivity index is 0.000000718. The molecule has 2 rings (SSSR count). The number of hydrazone groups is 1. The molecule has 0 aromatic heterocycles. The summed E-state index contributed by atoms with van der Waals surface area (Å²) in [6.07, 6.45) is -3.17. The number of carbonyl (C=O) groups is 2. The number of hydrogen-bond acceptors (Lipinski definition) is 6. The minimum Gasteiger partial charge on any atom is -0.475 e. The van der Waals surface area contributed by atoms with Gasteiger partial charge in [0.25, 0.3) is 0 Å². The van der Waals surface area contributed by atoms with Crippen molar-refractivity contribution in [2.24, 2.45) is 10.8 Å². The summed E-state index contributed by atoms with van der Waals surface area (Å²) in [5.74, 6) is -3.15. The first-order valence-corrected chi connectivity index (χ1v) is 9.89. The number of amides is 1. The number of rotatable bonds is 10. The van der Waals surface area contributed by atoms with Gasteiger partial charge in [0.1, 0.15) is 0 Å². The second-order valence-corrected chi connectivity index (χ2v) is 6.70. The molecule has 0 saturated carbocycles. The van der Waals surface area contributed by atoms with Gasteiger partial charge in [0, 0.05) is 0 Å². The zero-order valence-corrected chi connectivity index (χ0v) is 17.8. The average Bonchev–Trinajstić information content (AvgIpc) is 2.80. The number of nitrogens with one attached hydrogen (secondary N) is 2. The summed E-state index contributed by atoms with van der Waals surface area (Å²) in [5.41, 5.74) is 7.61. The van der Waals surface area contributed by atoms with Crippen molar-refractivity contribution in [3.8, 4) is 0 Å². The van der Waals surface area contributed by atoms with Gasteiger partial charge in [0.05, 0.1) is 17.2 Å². The van der Waals surface area contributed by atoms with E-state index in [1.807, 2.05) is 60.7 Å². The molecule has 2 aromatic carbocycles. The number of carbonyl (C=O) groups excluding carboxylic acids is 1. The van der Waals surface area contributed by atoms with Crippen LogP contribution in [0.5, 0.6) is 0 Å². The fourth-order valence-electron chi connectivity index (χ4n) is 2.73. The van der Waals surface area contributed by atoms with Crippen LogP contribution in [0.25, 0.3) is 0 Å². The van der Waals surface area contributed by atoms with Crippen molar-refractivity contribution in [1.29, 1.82) is 0 Å². The van der Waals surface area contributed by atoms with Crippen LogP contribution in [0.2, 0.25) is 0 Å². The molecule has 184 valence electrons. The number of carboxylic acids is 1. The molecular formula is C21H24F3N5O5. The van der Waals surface area contributed by atoms with E-state index in [0.29, 0.717) is 19.4 Å². The first-order chi connectivity index (χ1) is 16.1. The van der Waals surface area contributed by atoms with E-state index >= 15 is 0 Å². The molecule has 0 fully saturated rings. The Bertz CT molecular complexity index is 903. The van der Waals surface area contributed by atoms with Crippen LogP contribution in [0, 0.1) is 10.1 Å². The Labute approximate surface area is 192 Å². The molecule has 5 N–H and O–H groups in total. The summed E-state index contributed by atoms with van der Waals surface area (Å²) < 4.78 is 31.7. The predicted octanol–water partition coefficient (Wildman–Crippen LogP) is 2.44. The van der Waals surface area contributed by atoms with Gasteiger partial charge < -0.3 is 16.2 Å². The molecule has 1 amide bonds. The molecular weight excluding hydrogens is 459 g/mol. The molecule has 34 heavy (non-hydrogen) atoms. The van der Waals surface area contributed by atoms with Crippen molar-refractivity contribution >= 4 is 18.2 Å². The maximum atomic E-state index is 12.5. The maximum Gasteiger partial charge on any atom is 0.490 e. The van der Waals surface area contributed by atoms with Crippen molar-refractivity contribution < 1.29 is 32.9 Å². The van der Waals surface area contributed by atoms with Gasteiger partial charge in [-0.2, -0.15) is 13.2 Å². The Morgan fingerprint density at radius 2 is 1.56 bits per heavy atom. The Hall–Kier alpha value is -3.84. The molecule has 0 aliphatic carbocycles. The zero-order valence-electron chi connectivity index (χ0n) is 17.8. The smallest absolute Gasteiger partial charge is 0.475 e. The van der Waals surface area contributed by atoms with E-state index in [1.165, 1.54) is 0 Å². The Morgan fingerprint density at radius 3 is 1.94 bits per heavy atom. The third kappa shape index (κ3) is 10.7. The molecule has 0 unspecified atom stereocenters. The van der Waals surface area contributed by atoms with Crippen LogP contribution in [0.1, 0.15) is 30.0 Å². The van der Waals surface area contributed by atoms with E-state index < -0.39 is 29.1 Å². The first-order valence-electron chi connectivity index (χ1n) is 9.89. The van der Waals surface area contributed by atoms with E-state index in [2.05, 4.69) is 15.7 Å². The number of nitrogens with two attached hydrogens (primary N) is 1. The van der Waals surface area contributed by atoms with Gasteiger partial charge in [-0.25, -0.2) is 14.9 Å². The van der Waals surface area contributed by atoms with Gasteiger partial charge in [-0.1, -0.05) is 60.7 Å². The maximum absolute atomic E-state index is 12.5. The summed E-state index contributed by atoms with van der Waals surface area (Å²) >= 11 is 0. The van der Waals surface area contributed by atoms with Gasteiger partial charge in [0.15, 0.2) is 11.4 Å². The lowest BCUT2D eigenvalue weighted by Gasteiger charge is -2.25. The van der Waals surface area contributed by atoms with Crippen LogP contribution in [0.15, 0.2) is 65.8 Å². The fourth-order valence-corrected chi connectivity index (χ4v) is 2.73. The lowest BCUT2D eigenvalue weighted by molar-refractivity contribution is -0.484. The van der Waals surface area contributed by atoms with Crippen LogP contribution in [0.3, 0.4) is 0 Å². The molecule has 0 radical (unpaired) electrons. The van der Waals surface area contributed by atoms with Crippen LogP contribution in [-0.2, 0) is 9.59 Å². The lowest BCUT2D eigenvalue weighted by Crippen LogP contribution is -2.45. The summed E-state index contributed by atoms with van der Waals surface area (Å²) in [4.78, 5) is 31.7. The number of carboxylic acid groups (broad SMARTS) is 1. The lowest BCUT2D eigenvalue weighted by atomic mass is 9.97. The average molecular weight is 483 g/mol. The summed E-state index contributed by atoms with van der Waals surface area (Å²) in [6.45, 7) is 0.440. The number of halogens is 3. The standard InChI is InChI=1S/C19H23N5O3.C2HF3O2/c20-13-7-12-17(19(25)21-14-22-24(26)27)23-18(15-8-3-1-4-9-15)16-10-5-2-6-11-16;3-2(4,5)1(6)7/h1-6,8-11,14,17-18,23H,7,12-13,20H2,(H,21,22,25);(H,6,7)/t17-;/m0./s1. The van der Waals surface area contributed by atoms with Gasteiger partial charge >= 0.3 is 12.1 Å². The highest BCUT2D eigenvalue weighted by Gasteiger charge is 2.38. The normalized spacial score (nSPS) is 12.0.